The van der Waals surface area contributed by atoms with E-state index >= 15 is 4.79 Å². The number of benzene rings is 5. The zero-order valence-electron chi connectivity index (χ0n) is 20.8. The van der Waals surface area contributed by atoms with Gasteiger partial charge in [0.05, 0.1) is 5.41 Å². The number of hydrogen-bond donors (Lipinski definition) is 0. The monoisotopic (exact) mass is 484 g/mol. The van der Waals surface area contributed by atoms with Crippen LogP contribution in [-0.2, 0) is 5.41 Å². The van der Waals surface area contributed by atoms with E-state index in [2.05, 4.69) is 121 Å². The molecule has 3 aliphatic carbocycles. The average Bonchev–Trinajstić information content (AvgIpc) is 3.48. The molecular formula is C37H24O. The Kier molecular flexibility index (Phi) is 4.29. The van der Waals surface area contributed by atoms with Gasteiger partial charge in [0, 0.05) is 5.56 Å². The van der Waals surface area contributed by atoms with Gasteiger partial charge in [-0.1, -0.05) is 133 Å². The van der Waals surface area contributed by atoms with Crippen molar-refractivity contribution in [2.45, 2.75) is 5.41 Å². The van der Waals surface area contributed by atoms with Gasteiger partial charge in [0.1, 0.15) is 5.41 Å². The van der Waals surface area contributed by atoms with Gasteiger partial charge in [0.2, 0.25) is 0 Å². The summed E-state index contributed by atoms with van der Waals surface area (Å²) < 4.78 is 0. The Morgan fingerprint density at radius 2 is 0.763 bits per heavy atom. The minimum Gasteiger partial charge on any atom is -0.293 e. The van der Waals surface area contributed by atoms with E-state index in [-0.39, 0.29) is 5.78 Å². The molecule has 38 heavy (non-hydrogen) atoms. The van der Waals surface area contributed by atoms with E-state index in [0.29, 0.717) is 0 Å². The second kappa shape index (κ2) is 7.63. The number of carbonyl (C=O) groups is 1. The maximum absolute atomic E-state index is 15.1. The van der Waals surface area contributed by atoms with E-state index in [1.807, 2.05) is 24.3 Å². The van der Waals surface area contributed by atoms with Crippen LogP contribution in [0.4, 0.5) is 0 Å². The Hall–Kier alpha value is -4.75. The van der Waals surface area contributed by atoms with Crippen molar-refractivity contribution in [2.24, 2.45) is 5.41 Å². The zero-order valence-corrected chi connectivity index (χ0v) is 20.8. The van der Waals surface area contributed by atoms with Crippen LogP contribution < -0.4 is 0 Å². The first-order valence-electron chi connectivity index (χ1n) is 13.2. The fraction of sp³-hybridized carbons (Fsp3) is 0.0541. The molecule has 3 aliphatic rings. The van der Waals surface area contributed by atoms with Crippen molar-refractivity contribution in [3.05, 3.63) is 178 Å². The van der Waals surface area contributed by atoms with Crippen molar-refractivity contribution in [2.75, 3.05) is 0 Å². The first-order chi connectivity index (χ1) is 18.8. The summed E-state index contributed by atoms with van der Waals surface area (Å²) in [7, 11) is 0. The van der Waals surface area contributed by atoms with E-state index in [1.165, 1.54) is 11.1 Å². The van der Waals surface area contributed by atoms with E-state index in [0.717, 1.165) is 44.5 Å². The van der Waals surface area contributed by atoms with Gasteiger partial charge in [-0.15, -0.1) is 0 Å². The largest absolute Gasteiger partial charge is 0.293 e. The molecule has 5 aromatic rings. The molecule has 0 bridgehead atoms. The van der Waals surface area contributed by atoms with Gasteiger partial charge in [0.25, 0.3) is 0 Å². The smallest absolute Gasteiger partial charge is 0.179 e. The van der Waals surface area contributed by atoms with Gasteiger partial charge < -0.3 is 0 Å². The third-order valence-corrected chi connectivity index (χ3v) is 8.75. The van der Waals surface area contributed by atoms with Gasteiger partial charge in [-0.05, 0) is 62.2 Å². The average molecular weight is 485 g/mol. The first-order valence-corrected chi connectivity index (χ1v) is 13.2. The number of ketones is 1. The molecule has 8 rings (SSSR count). The fourth-order valence-corrected chi connectivity index (χ4v) is 7.51. The Morgan fingerprint density at radius 1 is 0.395 bits per heavy atom. The summed E-state index contributed by atoms with van der Waals surface area (Å²) in [6.07, 6.45) is 4.52. The van der Waals surface area contributed by atoms with Crippen LogP contribution in [-0.4, -0.2) is 5.78 Å². The Balaban J connectivity index is 1.61. The van der Waals surface area contributed by atoms with Crippen LogP contribution in [0.15, 0.2) is 133 Å². The Bertz CT molecular complexity index is 1720. The molecule has 0 atom stereocenters. The zero-order chi connectivity index (χ0) is 25.3. The molecule has 0 aromatic heterocycles. The number of hydrogen-bond acceptors (Lipinski definition) is 1. The van der Waals surface area contributed by atoms with Crippen LogP contribution in [0.25, 0.3) is 23.3 Å². The Morgan fingerprint density at radius 3 is 1.24 bits per heavy atom. The lowest BCUT2D eigenvalue weighted by molar-refractivity contribution is 0.0911. The van der Waals surface area contributed by atoms with Crippen LogP contribution in [0.2, 0.25) is 0 Å². The quantitative estimate of drug-likeness (QED) is 0.246. The highest BCUT2D eigenvalue weighted by Gasteiger charge is 2.75. The second-order valence-corrected chi connectivity index (χ2v) is 10.4. The summed E-state index contributed by atoms with van der Waals surface area (Å²) in [4.78, 5) is 15.1. The van der Waals surface area contributed by atoms with Gasteiger partial charge in [-0.25, -0.2) is 0 Å². The van der Waals surface area contributed by atoms with Crippen LogP contribution in [0.5, 0.6) is 0 Å². The first kappa shape index (κ1) is 21.3. The number of fused-ring (bicyclic) bond motifs is 3. The van der Waals surface area contributed by atoms with E-state index in [1.54, 1.807) is 0 Å². The van der Waals surface area contributed by atoms with Crippen molar-refractivity contribution in [3.63, 3.8) is 0 Å². The SMILES string of the molecule is O=C1c2ccccc2C23c4ccccc4/C(=C\c4ccccc4)C12/C(=C/c1ccccc1)c1ccccc13. The molecular weight excluding hydrogens is 460 g/mol. The minimum atomic E-state index is -0.893. The molecule has 0 saturated heterocycles. The molecule has 1 nitrogen and oxygen atoms in total. The molecule has 0 N–H and O–H groups in total. The van der Waals surface area contributed by atoms with Crippen molar-refractivity contribution in [3.8, 4) is 0 Å². The van der Waals surface area contributed by atoms with Gasteiger partial charge in [0.15, 0.2) is 5.78 Å². The molecule has 0 aliphatic heterocycles. The molecule has 5 aromatic carbocycles. The summed E-state index contributed by atoms with van der Waals surface area (Å²) in [5, 5.41) is 0. The normalized spacial score (nSPS) is 24.2. The summed E-state index contributed by atoms with van der Waals surface area (Å²) in [6, 6.07) is 46.5. The van der Waals surface area contributed by atoms with E-state index in [9.17, 15) is 0 Å². The number of Topliss-reactive ketones (excluding diaryl/α,β-unsaturated/α-hetero) is 1. The summed E-state index contributed by atoms with van der Waals surface area (Å²) in [5.74, 6) is 0.185. The highest BCUT2D eigenvalue weighted by atomic mass is 16.1. The number of allylic oxidation sites excluding steroid dienone is 2. The van der Waals surface area contributed by atoms with Crippen LogP contribution in [0.1, 0.15) is 49.3 Å². The minimum absolute atomic E-state index is 0.185. The number of carbonyl (C=O) groups excluding carboxylic acids is 1. The lowest BCUT2D eigenvalue weighted by Crippen LogP contribution is -2.40. The van der Waals surface area contributed by atoms with Gasteiger partial charge >= 0.3 is 0 Å². The van der Waals surface area contributed by atoms with Gasteiger partial charge in [-0.3, -0.25) is 4.79 Å². The molecule has 0 radical (unpaired) electrons. The highest BCUT2D eigenvalue weighted by Crippen LogP contribution is 2.78. The van der Waals surface area contributed by atoms with Crippen molar-refractivity contribution >= 4 is 29.1 Å². The molecule has 0 unspecified atom stereocenters. The Labute approximate surface area is 222 Å². The fourth-order valence-electron chi connectivity index (χ4n) is 7.51. The maximum Gasteiger partial charge on any atom is 0.179 e. The van der Waals surface area contributed by atoms with E-state index < -0.39 is 10.8 Å². The predicted octanol–water partition coefficient (Wildman–Crippen LogP) is 8.31. The van der Waals surface area contributed by atoms with E-state index in [4.69, 9.17) is 0 Å². The molecule has 0 saturated carbocycles. The standard InChI is InChI=1S/C37H24O/c38-35-29-19-9-12-22-32(29)36-30-20-10-7-17-27(30)33(23-25-13-3-1-4-14-25)37(35,36)34(24-26-15-5-2-6-16-26)28-18-8-11-21-31(28)36/h1-24H/b33-23+,34-24+. The molecule has 0 fully saturated rings. The second-order valence-electron chi connectivity index (χ2n) is 10.4. The topological polar surface area (TPSA) is 17.1 Å². The van der Waals surface area contributed by atoms with Crippen LogP contribution >= 0.6 is 0 Å². The summed E-state index contributed by atoms with van der Waals surface area (Å²) in [5.41, 5.74) is 9.53. The molecule has 0 spiro atoms. The summed E-state index contributed by atoms with van der Waals surface area (Å²) >= 11 is 0. The molecule has 1 heteroatoms. The third kappa shape index (κ3) is 2.40. The van der Waals surface area contributed by atoms with Crippen molar-refractivity contribution in [1.82, 2.24) is 0 Å². The third-order valence-electron chi connectivity index (χ3n) is 8.75. The van der Waals surface area contributed by atoms with Crippen molar-refractivity contribution in [1.29, 1.82) is 0 Å². The lowest BCUT2D eigenvalue weighted by Gasteiger charge is -2.37. The van der Waals surface area contributed by atoms with Crippen LogP contribution in [0, 0.1) is 5.41 Å². The number of rotatable bonds is 2. The van der Waals surface area contributed by atoms with Gasteiger partial charge in [-0.2, -0.15) is 0 Å². The summed E-state index contributed by atoms with van der Waals surface area (Å²) in [6.45, 7) is 0. The van der Waals surface area contributed by atoms with Crippen molar-refractivity contribution < 1.29 is 4.79 Å². The van der Waals surface area contributed by atoms with Crippen LogP contribution in [0.3, 0.4) is 0 Å². The molecule has 0 heterocycles. The lowest BCUT2D eigenvalue weighted by atomic mass is 9.61. The molecule has 0 amide bonds. The predicted molar refractivity (Wildman–Crippen MR) is 155 cm³/mol. The maximum atomic E-state index is 15.1. The highest BCUT2D eigenvalue weighted by molar-refractivity contribution is 6.30. The molecule has 178 valence electrons.